The Balaban J connectivity index is 2.56. The van der Waals surface area contributed by atoms with E-state index in [0.717, 1.165) is 19.5 Å². The van der Waals surface area contributed by atoms with Gasteiger partial charge in [0.25, 0.3) is 0 Å². The van der Waals surface area contributed by atoms with E-state index in [2.05, 4.69) is 40.0 Å². The first-order chi connectivity index (χ1) is 9.89. The highest BCUT2D eigenvalue weighted by molar-refractivity contribution is 8.00. The zero-order valence-electron chi connectivity index (χ0n) is 13.5. The zero-order valence-corrected chi connectivity index (χ0v) is 14.3. The first-order valence-corrected chi connectivity index (χ1v) is 8.23. The van der Waals surface area contributed by atoms with Crippen molar-refractivity contribution >= 4 is 17.7 Å². The maximum Gasteiger partial charge on any atom is 0.233 e. The van der Waals surface area contributed by atoms with Crippen molar-refractivity contribution in [1.29, 1.82) is 0 Å². The molecule has 1 amide bonds. The molecular weight excluding hydrogens is 288 g/mol. The average molecular weight is 314 g/mol. The van der Waals surface area contributed by atoms with Crippen LogP contribution in [-0.2, 0) is 11.3 Å². The molecule has 0 aliphatic rings. The summed E-state index contributed by atoms with van der Waals surface area (Å²) in [5, 5.41) is 18.3. The molecule has 7 nitrogen and oxygen atoms in total. The lowest BCUT2D eigenvalue weighted by molar-refractivity contribution is -0.121. The monoisotopic (exact) mass is 314 g/mol. The summed E-state index contributed by atoms with van der Waals surface area (Å²) >= 11 is 1.38. The highest BCUT2D eigenvalue weighted by Crippen LogP contribution is 2.21. The second-order valence-corrected chi connectivity index (χ2v) is 6.83. The largest absolute Gasteiger partial charge is 0.350 e. The van der Waals surface area contributed by atoms with Crippen molar-refractivity contribution in [2.45, 2.75) is 63.5 Å². The van der Waals surface area contributed by atoms with Crippen molar-refractivity contribution < 1.29 is 4.79 Å². The van der Waals surface area contributed by atoms with Gasteiger partial charge in [0.15, 0.2) is 0 Å². The molecule has 1 atom stereocenters. The number of hydrogen-bond acceptors (Lipinski definition) is 6. The topological polar surface area (TPSA) is 84.7 Å². The fourth-order valence-corrected chi connectivity index (χ4v) is 2.33. The molecule has 0 saturated heterocycles. The van der Waals surface area contributed by atoms with Crippen LogP contribution in [0.15, 0.2) is 5.16 Å². The Morgan fingerprint density at radius 3 is 2.76 bits per heavy atom. The molecule has 2 N–H and O–H groups in total. The molecule has 120 valence electrons. The summed E-state index contributed by atoms with van der Waals surface area (Å²) < 4.78 is 1.72. The van der Waals surface area contributed by atoms with Crippen LogP contribution >= 0.6 is 11.8 Å². The molecule has 0 saturated carbocycles. The number of carbonyl (C=O) groups is 1. The second-order valence-electron chi connectivity index (χ2n) is 5.52. The van der Waals surface area contributed by atoms with Gasteiger partial charge in [-0.3, -0.25) is 4.79 Å². The smallest absolute Gasteiger partial charge is 0.233 e. The van der Waals surface area contributed by atoms with Crippen molar-refractivity contribution in [3.8, 4) is 0 Å². The van der Waals surface area contributed by atoms with Gasteiger partial charge in [0.1, 0.15) is 0 Å². The number of nitrogens with one attached hydrogen (secondary N) is 2. The Bertz CT molecular complexity index is 448. The number of amides is 1. The first-order valence-electron chi connectivity index (χ1n) is 7.35. The van der Waals surface area contributed by atoms with Crippen LogP contribution < -0.4 is 10.6 Å². The van der Waals surface area contributed by atoms with Crippen molar-refractivity contribution in [1.82, 2.24) is 30.8 Å². The fourth-order valence-electron chi connectivity index (χ4n) is 1.52. The van der Waals surface area contributed by atoms with Crippen LogP contribution in [0.3, 0.4) is 0 Å². The highest BCUT2D eigenvalue weighted by atomic mass is 32.2. The van der Waals surface area contributed by atoms with Gasteiger partial charge in [0, 0.05) is 12.1 Å². The lowest BCUT2D eigenvalue weighted by atomic mass is 10.0. The van der Waals surface area contributed by atoms with E-state index in [1.54, 1.807) is 4.68 Å². The SMILES string of the molecule is CCNCCn1nnnc1SC(C)C(=O)NC(C)(C)CC. The minimum atomic E-state index is -0.236. The Morgan fingerprint density at radius 2 is 2.14 bits per heavy atom. The molecule has 0 aromatic carbocycles. The van der Waals surface area contributed by atoms with Crippen LogP contribution in [0.4, 0.5) is 0 Å². The first kappa shape index (κ1) is 17.9. The fraction of sp³-hybridized carbons (Fsp3) is 0.846. The van der Waals surface area contributed by atoms with E-state index in [1.165, 1.54) is 11.8 Å². The van der Waals surface area contributed by atoms with E-state index in [9.17, 15) is 4.79 Å². The molecule has 0 aliphatic carbocycles. The van der Waals surface area contributed by atoms with Gasteiger partial charge < -0.3 is 10.6 Å². The van der Waals surface area contributed by atoms with E-state index < -0.39 is 0 Å². The molecule has 21 heavy (non-hydrogen) atoms. The molecule has 0 bridgehead atoms. The van der Waals surface area contributed by atoms with Crippen LogP contribution in [0.1, 0.15) is 41.0 Å². The molecule has 0 spiro atoms. The number of thioether (sulfide) groups is 1. The number of nitrogens with zero attached hydrogens (tertiary/aromatic N) is 4. The lowest BCUT2D eigenvalue weighted by Gasteiger charge is -2.26. The number of carbonyl (C=O) groups excluding carboxylic acids is 1. The zero-order chi connectivity index (χ0) is 15.9. The van der Waals surface area contributed by atoms with Crippen LogP contribution in [0.2, 0.25) is 0 Å². The van der Waals surface area contributed by atoms with E-state index in [1.807, 2.05) is 20.8 Å². The third kappa shape index (κ3) is 6.01. The maximum atomic E-state index is 12.2. The maximum absolute atomic E-state index is 12.2. The normalized spacial score (nSPS) is 13.2. The second kappa shape index (κ2) is 8.33. The summed E-state index contributed by atoms with van der Waals surface area (Å²) in [6.45, 7) is 12.4. The Morgan fingerprint density at radius 1 is 1.43 bits per heavy atom. The number of aromatic nitrogens is 4. The van der Waals surface area contributed by atoms with Gasteiger partial charge in [-0.05, 0) is 44.2 Å². The Hall–Kier alpha value is -1.15. The molecule has 1 rings (SSSR count). The molecule has 1 unspecified atom stereocenters. The molecule has 0 aliphatic heterocycles. The summed E-state index contributed by atoms with van der Waals surface area (Å²) in [5.74, 6) is 0.00748. The summed E-state index contributed by atoms with van der Waals surface area (Å²) in [5.41, 5.74) is -0.192. The van der Waals surface area contributed by atoms with Crippen molar-refractivity contribution in [2.24, 2.45) is 0 Å². The van der Waals surface area contributed by atoms with Crippen LogP contribution in [0.5, 0.6) is 0 Å². The van der Waals surface area contributed by atoms with Gasteiger partial charge in [-0.15, -0.1) is 5.10 Å². The quantitative estimate of drug-likeness (QED) is 0.524. The summed E-state index contributed by atoms with van der Waals surface area (Å²) in [7, 11) is 0. The predicted molar refractivity (Wildman–Crippen MR) is 84.2 cm³/mol. The number of tetrazole rings is 1. The molecule has 8 heteroatoms. The van der Waals surface area contributed by atoms with Gasteiger partial charge in [-0.2, -0.15) is 0 Å². The summed E-state index contributed by atoms with van der Waals surface area (Å²) in [6, 6.07) is 0. The highest BCUT2D eigenvalue weighted by Gasteiger charge is 2.24. The average Bonchev–Trinajstić information content (AvgIpc) is 2.86. The third-order valence-corrected chi connectivity index (χ3v) is 4.32. The van der Waals surface area contributed by atoms with E-state index in [4.69, 9.17) is 0 Å². The van der Waals surface area contributed by atoms with Crippen molar-refractivity contribution in [2.75, 3.05) is 13.1 Å². The van der Waals surface area contributed by atoms with Crippen LogP contribution in [0.25, 0.3) is 0 Å². The van der Waals surface area contributed by atoms with Gasteiger partial charge in [-0.1, -0.05) is 25.6 Å². The van der Waals surface area contributed by atoms with Gasteiger partial charge in [-0.25, -0.2) is 4.68 Å². The van der Waals surface area contributed by atoms with Gasteiger partial charge >= 0.3 is 0 Å². The van der Waals surface area contributed by atoms with Crippen molar-refractivity contribution in [3.05, 3.63) is 0 Å². The summed E-state index contributed by atoms with van der Waals surface area (Å²) in [6.07, 6.45) is 0.885. The Kier molecular flexibility index (Phi) is 7.10. The molecule has 0 fully saturated rings. The standard InChI is InChI=1S/C13H26N6OS/c1-6-13(4,5)15-11(20)10(3)21-12-16-17-18-19(12)9-8-14-7-2/h10,14H,6-9H2,1-5H3,(H,15,20). The lowest BCUT2D eigenvalue weighted by Crippen LogP contribution is -2.46. The molecule has 1 heterocycles. The minimum Gasteiger partial charge on any atom is -0.350 e. The number of rotatable bonds is 9. The van der Waals surface area contributed by atoms with E-state index in [-0.39, 0.29) is 16.7 Å². The predicted octanol–water partition coefficient (Wildman–Crippen LogP) is 1.07. The number of hydrogen-bond donors (Lipinski definition) is 2. The molecule has 1 aromatic rings. The molecule has 1 aromatic heterocycles. The van der Waals surface area contributed by atoms with E-state index >= 15 is 0 Å². The molecule has 0 radical (unpaired) electrons. The Labute approximate surface area is 130 Å². The molecular formula is C13H26N6OS. The van der Waals surface area contributed by atoms with Crippen molar-refractivity contribution in [3.63, 3.8) is 0 Å². The van der Waals surface area contributed by atoms with Gasteiger partial charge in [0.2, 0.25) is 11.1 Å². The van der Waals surface area contributed by atoms with Crippen LogP contribution in [-0.4, -0.2) is 50.0 Å². The van der Waals surface area contributed by atoms with Crippen LogP contribution in [0, 0.1) is 0 Å². The number of likely N-dealkylation sites (N-methyl/N-ethyl adjacent to an activating group) is 1. The minimum absolute atomic E-state index is 0.00748. The summed E-state index contributed by atoms with van der Waals surface area (Å²) in [4.78, 5) is 12.2. The third-order valence-electron chi connectivity index (χ3n) is 3.25. The van der Waals surface area contributed by atoms with Gasteiger partial charge in [0.05, 0.1) is 11.8 Å². The van der Waals surface area contributed by atoms with E-state index in [0.29, 0.717) is 11.7 Å².